The Hall–Kier alpha value is -1.02. The van der Waals surface area contributed by atoms with Crippen LogP contribution in [0.15, 0.2) is 24.3 Å². The van der Waals surface area contributed by atoms with Crippen molar-refractivity contribution in [2.45, 2.75) is 424 Å². The second-order valence-electron chi connectivity index (χ2n) is 28.1. The van der Waals surface area contributed by atoms with Gasteiger partial charge < -0.3 is 19.8 Å². The van der Waals surface area contributed by atoms with E-state index in [1.807, 2.05) is 21.1 Å². The minimum Gasteiger partial charge on any atom is -0.391 e. The number of unbranched alkanes of at least 4 members (excludes halogenated alkanes) is 56. The Morgan fingerprint density at radius 3 is 0.953 bits per heavy atom. The fraction of sp³-hybridized carbons (Fsp3) is 0.935. The Morgan fingerprint density at radius 1 is 0.395 bits per heavy atom. The van der Waals surface area contributed by atoms with Crippen molar-refractivity contribution in [2.24, 2.45) is 0 Å². The molecule has 0 fully saturated rings. The van der Waals surface area contributed by atoms with Crippen molar-refractivity contribution in [2.75, 3.05) is 40.9 Å². The molecule has 0 spiro atoms. The molecular formula is C77H154N2O6P+. The number of hydrogen-bond acceptors (Lipinski definition) is 5. The predicted molar refractivity (Wildman–Crippen MR) is 378 cm³/mol. The molecular weight excluding hydrogens is 1080 g/mol. The summed E-state index contributed by atoms with van der Waals surface area (Å²) in [6.45, 7) is 4.96. The van der Waals surface area contributed by atoms with E-state index in [1.165, 1.54) is 340 Å². The van der Waals surface area contributed by atoms with Crippen molar-refractivity contribution < 1.29 is 32.9 Å². The fourth-order valence-corrected chi connectivity index (χ4v) is 12.9. The highest BCUT2D eigenvalue weighted by molar-refractivity contribution is 7.47. The van der Waals surface area contributed by atoms with Crippen molar-refractivity contribution in [3.63, 3.8) is 0 Å². The summed E-state index contributed by atoms with van der Waals surface area (Å²) in [6, 6.07) is -0.761. The Balaban J connectivity index is 3.92. The number of amides is 1. The number of phosphoric ester groups is 1. The van der Waals surface area contributed by atoms with Crippen molar-refractivity contribution in [3.8, 4) is 0 Å². The largest absolute Gasteiger partial charge is 0.472 e. The molecule has 0 aromatic carbocycles. The molecule has 0 bridgehead atoms. The van der Waals surface area contributed by atoms with Crippen LogP contribution >= 0.6 is 7.82 Å². The molecule has 1 amide bonds. The number of nitrogens with zero attached hydrogens (tertiary/aromatic N) is 1. The lowest BCUT2D eigenvalue weighted by molar-refractivity contribution is -0.870. The predicted octanol–water partition coefficient (Wildman–Crippen LogP) is 25.0. The monoisotopic (exact) mass is 1230 g/mol. The molecule has 0 aromatic heterocycles. The molecule has 0 rings (SSSR count). The lowest BCUT2D eigenvalue weighted by Gasteiger charge is -2.26. The van der Waals surface area contributed by atoms with Gasteiger partial charge in [0.25, 0.3) is 0 Å². The van der Waals surface area contributed by atoms with Crippen LogP contribution in [0.2, 0.25) is 0 Å². The quantitative estimate of drug-likeness (QED) is 0.0243. The number of carbonyl (C=O) groups excluding carboxylic acids is 1. The molecule has 0 saturated heterocycles. The second kappa shape index (κ2) is 68.3. The molecule has 0 aliphatic rings. The summed E-state index contributed by atoms with van der Waals surface area (Å²) in [4.78, 5) is 23.5. The van der Waals surface area contributed by atoms with Crippen molar-refractivity contribution in [3.05, 3.63) is 24.3 Å². The maximum absolute atomic E-state index is 13.1. The molecule has 0 aliphatic heterocycles. The Kier molecular flexibility index (Phi) is 67.5. The molecule has 512 valence electrons. The smallest absolute Gasteiger partial charge is 0.391 e. The molecule has 3 unspecified atom stereocenters. The van der Waals surface area contributed by atoms with Crippen LogP contribution in [0.25, 0.3) is 0 Å². The third-order valence-electron chi connectivity index (χ3n) is 18.2. The van der Waals surface area contributed by atoms with Crippen LogP contribution in [-0.4, -0.2) is 73.4 Å². The van der Waals surface area contributed by atoms with E-state index in [-0.39, 0.29) is 19.1 Å². The van der Waals surface area contributed by atoms with Gasteiger partial charge in [0, 0.05) is 6.42 Å². The van der Waals surface area contributed by atoms with Crippen molar-refractivity contribution in [1.29, 1.82) is 0 Å². The van der Waals surface area contributed by atoms with E-state index in [2.05, 4.69) is 43.5 Å². The van der Waals surface area contributed by atoms with Gasteiger partial charge in [-0.1, -0.05) is 385 Å². The number of quaternary nitrogens is 1. The average molecular weight is 1240 g/mol. The first kappa shape index (κ1) is 85.0. The number of nitrogens with one attached hydrogen (secondary N) is 1. The van der Waals surface area contributed by atoms with Gasteiger partial charge in [0.05, 0.1) is 39.9 Å². The molecule has 0 saturated carbocycles. The Morgan fingerprint density at radius 2 is 0.663 bits per heavy atom. The Labute approximate surface area is 538 Å². The standard InChI is InChI=1S/C77H153N2O6P/c1-6-8-10-12-14-16-18-20-22-24-26-28-30-32-33-34-35-36-37-38-39-40-41-42-43-44-45-47-49-51-53-55-57-59-61-63-65-67-69-71-77(81)78-75(74-85-86(82,83)84-73-72-79(3,4)5)76(80)70-68-66-64-62-60-58-56-54-52-50-48-46-31-29-27-25-23-21-19-17-15-13-11-9-7-2/h35-36,38-39,75-76,80H,6-34,37,40-74H2,1-5H3,(H-,78,81,82,83)/p+1/b36-35-,39-38-. The van der Waals surface area contributed by atoms with Crippen LogP contribution in [-0.2, 0) is 18.4 Å². The Bertz CT molecular complexity index is 1450. The molecule has 0 heterocycles. The first-order chi connectivity index (χ1) is 42.0. The number of allylic oxidation sites excluding steroid dienone is 4. The van der Waals surface area contributed by atoms with Gasteiger partial charge in [0.15, 0.2) is 0 Å². The zero-order valence-electron chi connectivity index (χ0n) is 58.8. The topological polar surface area (TPSA) is 105 Å². The average Bonchev–Trinajstić information content (AvgIpc) is 3.70. The molecule has 3 N–H and O–H groups in total. The highest BCUT2D eigenvalue weighted by Gasteiger charge is 2.28. The molecule has 8 nitrogen and oxygen atoms in total. The number of aliphatic hydroxyl groups excluding tert-OH is 1. The SMILES string of the molecule is CCCCCCCCCCCCCCCCC/C=C\C/C=C\CCCCCCCCCCCCCCCCCCCC(=O)NC(COP(=O)(O)OCC[N+](C)(C)C)C(O)CCCCCCCCCCCCCCCCCCCCCCCCCCC. The molecule has 0 aliphatic carbocycles. The van der Waals surface area contributed by atoms with E-state index in [4.69, 9.17) is 9.05 Å². The molecule has 86 heavy (non-hydrogen) atoms. The van der Waals surface area contributed by atoms with Gasteiger partial charge in [0.1, 0.15) is 13.2 Å². The summed E-state index contributed by atoms with van der Waals surface area (Å²) in [6.07, 6.45) is 90.3. The van der Waals surface area contributed by atoms with Gasteiger partial charge in [0.2, 0.25) is 5.91 Å². The van der Waals surface area contributed by atoms with Gasteiger partial charge in [-0.15, -0.1) is 0 Å². The number of rotatable bonds is 73. The minimum absolute atomic E-state index is 0.0773. The third kappa shape index (κ3) is 70.4. The fourth-order valence-electron chi connectivity index (χ4n) is 12.2. The van der Waals surface area contributed by atoms with Crippen LogP contribution in [0.5, 0.6) is 0 Å². The van der Waals surface area contributed by atoms with E-state index in [0.717, 1.165) is 44.9 Å². The zero-order valence-corrected chi connectivity index (χ0v) is 59.7. The number of hydrogen-bond donors (Lipinski definition) is 3. The van der Waals surface area contributed by atoms with E-state index in [0.29, 0.717) is 23.9 Å². The minimum atomic E-state index is -4.33. The molecule has 0 radical (unpaired) electrons. The first-order valence-corrected chi connectivity index (χ1v) is 40.2. The number of aliphatic hydroxyl groups is 1. The maximum Gasteiger partial charge on any atom is 0.472 e. The van der Waals surface area contributed by atoms with Crippen molar-refractivity contribution >= 4 is 13.7 Å². The van der Waals surface area contributed by atoms with Crippen LogP contribution in [0.3, 0.4) is 0 Å². The normalized spacial score (nSPS) is 13.6. The van der Waals surface area contributed by atoms with Crippen molar-refractivity contribution in [1.82, 2.24) is 5.32 Å². The van der Waals surface area contributed by atoms with Gasteiger partial charge in [-0.05, 0) is 44.9 Å². The summed E-state index contributed by atoms with van der Waals surface area (Å²) in [5.74, 6) is -0.136. The van der Waals surface area contributed by atoms with Gasteiger partial charge in [-0.25, -0.2) is 4.57 Å². The highest BCUT2D eigenvalue weighted by atomic mass is 31.2. The lowest BCUT2D eigenvalue weighted by Crippen LogP contribution is -2.46. The summed E-state index contributed by atoms with van der Waals surface area (Å²) in [5.41, 5.74) is 0. The number of phosphoric acid groups is 1. The number of likely N-dealkylation sites (N-methyl/N-ethyl adjacent to an activating group) is 1. The number of carbonyl (C=O) groups is 1. The zero-order chi connectivity index (χ0) is 62.6. The lowest BCUT2D eigenvalue weighted by atomic mass is 10.0. The summed E-state index contributed by atoms with van der Waals surface area (Å²) in [5, 5.41) is 14.2. The van der Waals surface area contributed by atoms with E-state index in [1.54, 1.807) is 0 Å². The third-order valence-corrected chi connectivity index (χ3v) is 19.2. The van der Waals surface area contributed by atoms with E-state index >= 15 is 0 Å². The van der Waals surface area contributed by atoms with Crippen LogP contribution in [0.1, 0.15) is 412 Å². The van der Waals surface area contributed by atoms with E-state index < -0.39 is 20.0 Å². The van der Waals surface area contributed by atoms with Crippen LogP contribution in [0.4, 0.5) is 0 Å². The van der Waals surface area contributed by atoms with Gasteiger partial charge in [-0.3, -0.25) is 13.8 Å². The van der Waals surface area contributed by atoms with Gasteiger partial charge >= 0.3 is 7.82 Å². The van der Waals surface area contributed by atoms with Gasteiger partial charge in [-0.2, -0.15) is 0 Å². The summed E-state index contributed by atoms with van der Waals surface area (Å²) < 4.78 is 23.9. The summed E-state index contributed by atoms with van der Waals surface area (Å²) in [7, 11) is 1.64. The summed E-state index contributed by atoms with van der Waals surface area (Å²) >= 11 is 0. The first-order valence-electron chi connectivity index (χ1n) is 38.7. The second-order valence-corrected chi connectivity index (χ2v) is 29.5. The maximum atomic E-state index is 13.1. The van der Waals surface area contributed by atoms with Crippen LogP contribution < -0.4 is 5.32 Å². The van der Waals surface area contributed by atoms with E-state index in [9.17, 15) is 19.4 Å². The molecule has 9 heteroatoms. The molecule has 0 aromatic rings. The highest BCUT2D eigenvalue weighted by Crippen LogP contribution is 2.43. The molecule has 3 atom stereocenters. The van der Waals surface area contributed by atoms with Crippen LogP contribution in [0, 0.1) is 0 Å².